The van der Waals surface area contributed by atoms with Crippen LogP contribution in [-0.4, -0.2) is 32.8 Å². The molecule has 1 aromatic heterocycles. The van der Waals surface area contributed by atoms with Gasteiger partial charge in [0.25, 0.3) is 0 Å². The summed E-state index contributed by atoms with van der Waals surface area (Å²) in [7, 11) is 4.27. The molecule has 0 bridgehead atoms. The van der Waals surface area contributed by atoms with Gasteiger partial charge in [0.1, 0.15) is 18.2 Å². The zero-order valence-electron chi connectivity index (χ0n) is 45.4. The molecule has 0 spiro atoms. The van der Waals surface area contributed by atoms with E-state index in [2.05, 4.69) is 113 Å². The van der Waals surface area contributed by atoms with Gasteiger partial charge in [-0.05, 0) is 101 Å². The Kier molecular flexibility index (Phi) is 9.73. The van der Waals surface area contributed by atoms with Gasteiger partial charge in [-0.2, -0.15) is 0 Å². The van der Waals surface area contributed by atoms with E-state index in [1.807, 2.05) is 110 Å². The largest absolute Gasteiger partial charge is 0.457 e. The second-order valence-electron chi connectivity index (χ2n) is 17.2. The van der Waals surface area contributed by atoms with Crippen LogP contribution in [0.2, 0.25) is 0 Å². The lowest BCUT2D eigenvalue weighted by Crippen LogP contribution is -2.29. The fourth-order valence-electron chi connectivity index (χ4n) is 9.69. The number of anilines is 6. The lowest BCUT2D eigenvalue weighted by atomic mass is 9.63. The topological polar surface area (TPSA) is 60.0 Å². The molecule has 5 heterocycles. The highest BCUT2D eigenvalue weighted by atomic mass is 16.5. The standard InChI is InChI=1S/C61H49B2N7O/c1-67-56-27-8-6-25-54(56)66-61(67)70-55-26-7-5-20-48(55)49-31-30-46(41-59(49)70)71-47-39-44(43-18-3-2-4-19-43)38-45(40-47)68-42-69(58-29-10-9-28-57(58)68)60-50(52-23-16-36-64-34-13-11-32-62-52)21-15-22-51(60)53-24-17-37-65-35-14-12-33-63-53/h2-41,61,64-66H,42H2,1H3/b32-11-,33-12-,34-13-,35-14-,36-16-,37-17-,52-23-,53-24-/i1D3,5D,7D,20D,26D. The summed E-state index contributed by atoms with van der Waals surface area (Å²) in [5.41, 5.74) is 11.5. The van der Waals surface area contributed by atoms with Gasteiger partial charge in [0.15, 0.2) is 20.8 Å². The first-order chi connectivity index (χ1) is 38.0. The lowest BCUT2D eigenvalue weighted by molar-refractivity contribution is 0.483. The average Bonchev–Trinajstić information content (AvgIpc) is 4.22. The van der Waals surface area contributed by atoms with Gasteiger partial charge in [-0.3, -0.25) is 0 Å². The Labute approximate surface area is 426 Å². The third kappa shape index (κ3) is 8.40. The maximum Gasteiger partial charge on any atom is 0.183 e. The van der Waals surface area contributed by atoms with Gasteiger partial charge in [-0.15, -0.1) is 12.0 Å². The van der Waals surface area contributed by atoms with E-state index in [-0.39, 0.29) is 29.0 Å². The zero-order chi connectivity index (χ0) is 53.5. The summed E-state index contributed by atoms with van der Waals surface area (Å²) in [6.07, 6.45) is 22.7. The van der Waals surface area contributed by atoms with Crippen LogP contribution in [0, 0.1) is 0 Å². The minimum atomic E-state index is -2.64. The number of rotatable bonds is 8. The molecule has 0 aliphatic carbocycles. The summed E-state index contributed by atoms with van der Waals surface area (Å²) in [5, 5.41) is 10.6. The van der Waals surface area contributed by atoms with Gasteiger partial charge < -0.3 is 40.0 Å². The minimum Gasteiger partial charge on any atom is -0.457 e. The van der Waals surface area contributed by atoms with Crippen LogP contribution in [-0.2, 0) is 0 Å². The minimum absolute atomic E-state index is 0.163. The maximum atomic E-state index is 9.24. The Balaban J connectivity index is 1.00. The number of allylic oxidation sites excluding steroid dienone is 8. The highest BCUT2D eigenvalue weighted by molar-refractivity contribution is 6.67. The normalized spacial score (nSPS) is 21.8. The molecule has 0 saturated carbocycles. The number of hydrogen-bond donors (Lipinski definition) is 3. The average molecular weight is 925 g/mol. The monoisotopic (exact) mass is 924 g/mol. The summed E-state index contributed by atoms with van der Waals surface area (Å²) in [5.74, 6) is 5.03. The third-order valence-corrected chi connectivity index (χ3v) is 12.9. The Bertz CT molecular complexity index is 3870. The Hall–Kier alpha value is -9.01. The van der Waals surface area contributed by atoms with Crippen molar-refractivity contribution in [1.29, 1.82) is 0 Å². The second-order valence-corrected chi connectivity index (χ2v) is 17.2. The first-order valence-corrected chi connectivity index (χ1v) is 23.5. The molecule has 340 valence electrons. The number of nitrogens with one attached hydrogen (secondary N) is 3. The van der Waals surface area contributed by atoms with Crippen LogP contribution in [0.25, 0.3) is 43.9 Å². The molecule has 0 fully saturated rings. The zero-order valence-corrected chi connectivity index (χ0v) is 38.4. The Morgan fingerprint density at radius 2 is 1.25 bits per heavy atom. The van der Waals surface area contributed by atoms with Crippen molar-refractivity contribution in [3.05, 3.63) is 254 Å². The molecule has 1 atom stereocenters. The molecule has 4 aliphatic heterocycles. The number of nitrogens with zero attached hydrogens (tertiary/aromatic N) is 4. The van der Waals surface area contributed by atoms with Crippen LogP contribution in [0.3, 0.4) is 0 Å². The fourth-order valence-corrected chi connectivity index (χ4v) is 9.69. The van der Waals surface area contributed by atoms with E-state index < -0.39 is 19.3 Å². The predicted molar refractivity (Wildman–Crippen MR) is 300 cm³/mol. The Morgan fingerprint density at radius 1 is 0.577 bits per heavy atom. The molecule has 1 unspecified atom stereocenters. The summed E-state index contributed by atoms with van der Waals surface area (Å²) in [4.78, 5) is 5.96. The summed E-state index contributed by atoms with van der Waals surface area (Å²) >= 11 is 0. The maximum absolute atomic E-state index is 9.24. The molecule has 8 nitrogen and oxygen atoms in total. The molecule has 12 rings (SSSR count). The highest BCUT2D eigenvalue weighted by Crippen LogP contribution is 2.50. The molecular formula is C61H49B2N7O. The highest BCUT2D eigenvalue weighted by Gasteiger charge is 2.33. The fraction of sp³-hybridized carbons (Fsp3) is 0.0492. The molecule has 0 saturated heterocycles. The van der Waals surface area contributed by atoms with Crippen molar-refractivity contribution in [3.8, 4) is 22.6 Å². The summed E-state index contributed by atoms with van der Waals surface area (Å²) in [6, 6.07) is 42.4. The van der Waals surface area contributed by atoms with Crippen LogP contribution in [0.15, 0.2) is 243 Å². The van der Waals surface area contributed by atoms with Crippen molar-refractivity contribution in [3.63, 3.8) is 0 Å². The van der Waals surface area contributed by atoms with Gasteiger partial charge in [-0.1, -0.05) is 126 Å². The number of aromatic nitrogens is 1. The van der Waals surface area contributed by atoms with Gasteiger partial charge in [0, 0.05) is 64.5 Å². The van der Waals surface area contributed by atoms with Gasteiger partial charge in [0.2, 0.25) is 0 Å². The van der Waals surface area contributed by atoms with E-state index in [1.54, 1.807) is 41.0 Å². The lowest BCUT2D eigenvalue weighted by Gasteiger charge is -2.28. The quantitative estimate of drug-likeness (QED) is 0.131. The first-order valence-electron chi connectivity index (χ1n) is 27.0. The van der Waals surface area contributed by atoms with Crippen LogP contribution < -0.4 is 35.4 Å². The molecule has 71 heavy (non-hydrogen) atoms. The number of para-hydroxylation sites is 6. The molecular weight excluding hydrogens is 868 g/mol. The molecule has 4 aliphatic rings. The van der Waals surface area contributed by atoms with Gasteiger partial charge in [-0.25, -0.2) is 0 Å². The van der Waals surface area contributed by atoms with E-state index in [1.165, 1.54) is 4.90 Å². The van der Waals surface area contributed by atoms with E-state index in [4.69, 9.17) is 13.0 Å². The molecule has 0 amide bonds. The number of ether oxygens (including phenoxy) is 1. The number of hydrogen-bond acceptors (Lipinski definition) is 7. The smallest absolute Gasteiger partial charge is 0.183 e. The molecule has 3 N–H and O–H groups in total. The number of benzene rings is 7. The SMILES string of the molecule is [2H]c1c([2H])c([2H])c2c(c1[2H])c1ccc(Oc3cc(-c4ccccc4)cc(N4CN(c5c(/C6=C/C=C\N/C=C\C=C/[B]6)cccc5/C5=C/C=C\N/C=C\C=C/[B]5)c5ccccc54)c3)cc1n2C1Nc2ccccc2N1C([2H])([2H])[2H]. The van der Waals surface area contributed by atoms with Crippen LogP contribution in [0.4, 0.5) is 34.1 Å². The van der Waals surface area contributed by atoms with Crippen molar-refractivity contribution in [1.82, 2.24) is 15.2 Å². The predicted octanol–water partition coefficient (Wildman–Crippen LogP) is 13.9. The van der Waals surface area contributed by atoms with E-state index >= 15 is 0 Å². The van der Waals surface area contributed by atoms with Crippen molar-refractivity contribution in [2.75, 3.05) is 33.7 Å². The third-order valence-electron chi connectivity index (χ3n) is 12.9. The number of fused-ring (bicyclic) bond motifs is 5. The molecule has 8 aromatic rings. The molecule has 2 radical (unpaired) electrons. The van der Waals surface area contributed by atoms with Crippen molar-refractivity contribution in [2.24, 2.45) is 0 Å². The first kappa shape index (κ1) is 36.0. The van der Waals surface area contributed by atoms with E-state index in [0.717, 1.165) is 55.9 Å². The second kappa shape index (κ2) is 19.2. The Morgan fingerprint density at radius 3 is 2.00 bits per heavy atom. The van der Waals surface area contributed by atoms with Crippen LogP contribution >= 0.6 is 0 Å². The summed E-state index contributed by atoms with van der Waals surface area (Å²) in [6.45, 7) is -2.22. The molecule has 7 aromatic carbocycles. The molecule has 10 heteroatoms. The van der Waals surface area contributed by atoms with Gasteiger partial charge >= 0.3 is 0 Å². The van der Waals surface area contributed by atoms with Crippen molar-refractivity contribution >= 4 is 81.4 Å². The van der Waals surface area contributed by atoms with Gasteiger partial charge in [0.05, 0.1) is 45.0 Å². The summed E-state index contributed by atoms with van der Waals surface area (Å²) < 4.78 is 70.6. The van der Waals surface area contributed by atoms with Crippen LogP contribution in [0.1, 0.15) is 27.0 Å². The van der Waals surface area contributed by atoms with Crippen molar-refractivity contribution in [2.45, 2.75) is 6.29 Å². The van der Waals surface area contributed by atoms with Crippen LogP contribution in [0.5, 0.6) is 11.5 Å². The van der Waals surface area contributed by atoms with E-state index in [0.29, 0.717) is 40.4 Å². The van der Waals surface area contributed by atoms with E-state index in [9.17, 15) is 1.37 Å². The van der Waals surface area contributed by atoms with Crippen molar-refractivity contribution < 1.29 is 14.3 Å².